The predicted octanol–water partition coefficient (Wildman–Crippen LogP) is -0.578. The minimum Gasteiger partial charge on any atom is -0.455 e. The van der Waals surface area contributed by atoms with E-state index in [9.17, 15) is 0 Å². The fraction of sp³-hybridized carbons (Fsp3) is 0. The molecule has 0 saturated heterocycles. The first kappa shape index (κ1) is 32.2. The highest BCUT2D eigenvalue weighted by molar-refractivity contribution is 6.70. The topological polar surface area (TPSA) is 13.1 Å². The van der Waals surface area contributed by atoms with Gasteiger partial charge in [0.15, 0.2) is 0 Å². The molecule has 9 aromatic rings. The summed E-state index contributed by atoms with van der Waals surface area (Å²) < 4.78 is 6.58. The van der Waals surface area contributed by atoms with Gasteiger partial charge >= 0.3 is 0 Å². The number of para-hydroxylation sites is 1. The molecule has 0 bridgehead atoms. The van der Waals surface area contributed by atoms with E-state index < -0.39 is 0 Å². The van der Waals surface area contributed by atoms with Gasteiger partial charge in [0.2, 0.25) is 0 Å². The van der Waals surface area contributed by atoms with Crippen molar-refractivity contribution in [1.29, 1.82) is 0 Å². The highest BCUT2D eigenvalue weighted by Crippen LogP contribution is 2.45. The number of hydrogen-bond donors (Lipinski definition) is 0. The number of benzene rings is 8. The Bertz CT molecular complexity index is 2920. The molecule has 8 aromatic carbocycles. The first-order valence-corrected chi connectivity index (χ1v) is 16.2. The maximum absolute atomic E-state index is 6.58. The van der Waals surface area contributed by atoms with Crippen LogP contribution in [0.5, 0.6) is 0 Å². The summed E-state index contributed by atoms with van der Waals surface area (Å²) in [5, 5.41) is 8.13. The summed E-state index contributed by atoms with van der Waals surface area (Å²) in [5.41, 5.74) is 8.01. The Morgan fingerprint density at radius 2 is 0.745 bits per heavy atom. The molecular weight excluding hydrogens is 605 g/mol. The summed E-state index contributed by atoms with van der Waals surface area (Å²) in [4.78, 5) is 0. The first-order chi connectivity index (χ1) is 24.5. The zero-order valence-electron chi connectivity index (χ0n) is 27.3. The van der Waals surface area contributed by atoms with E-state index in [2.05, 4.69) is 48.5 Å². The van der Waals surface area contributed by atoms with E-state index >= 15 is 0 Å². The Morgan fingerprint density at radius 3 is 1.31 bits per heavy atom. The molecule has 0 amide bonds. The first-order valence-electron chi connectivity index (χ1n) is 16.2. The summed E-state index contributed by atoms with van der Waals surface area (Å²) in [5.74, 6) is 0. The standard InChI is InChI=1S/C40H14B10O/c41-30-28(31(42)35(46)38(49)34(30)45)21-14-10-16-8-12-19-17(11-7-15-9-13-20(21)26(16)25(15)19)18-3-2-6-24-27(18)22-4-1-5-23(40(22)51-24)29-32(43)36(47)39(50)37(48)33(29)44/h1-14H. The quantitative estimate of drug-likeness (QED) is 0.191. The normalized spacial score (nSPS) is 11.9. The Morgan fingerprint density at radius 1 is 0.314 bits per heavy atom. The highest BCUT2D eigenvalue weighted by Gasteiger charge is 2.22. The monoisotopic (exact) mass is 620 g/mol. The Labute approximate surface area is 308 Å². The van der Waals surface area contributed by atoms with Gasteiger partial charge in [-0.25, -0.2) is 0 Å². The summed E-state index contributed by atoms with van der Waals surface area (Å²) in [6.45, 7) is 0. The van der Waals surface area contributed by atoms with Gasteiger partial charge in [-0.05, 0) is 66.2 Å². The molecule has 1 heterocycles. The SMILES string of the molecule is [B]c1c([B])c([B])c(-c2ccc3ccc4c(-c5cccc6oc7c(-c8c([B])c([B])c([B])c([B])c8[B])cccc7c56)ccc5ccc2c3c54)c([B])c1[B]. The van der Waals surface area contributed by atoms with Crippen LogP contribution in [-0.2, 0) is 0 Å². The molecule has 11 heteroatoms. The molecule has 9 rings (SSSR count). The number of furan rings is 1. The zero-order valence-corrected chi connectivity index (χ0v) is 27.3. The van der Waals surface area contributed by atoms with Crippen LogP contribution in [0.25, 0.3) is 87.6 Å². The molecule has 51 heavy (non-hydrogen) atoms. The second kappa shape index (κ2) is 11.4. The molecular formula is C40H14B10O. The zero-order chi connectivity index (χ0) is 35.6. The van der Waals surface area contributed by atoms with E-state index in [-0.39, 0.29) is 43.7 Å². The van der Waals surface area contributed by atoms with Crippen LogP contribution in [-0.4, -0.2) is 78.5 Å². The van der Waals surface area contributed by atoms with Gasteiger partial charge in [0.05, 0.1) is 0 Å². The van der Waals surface area contributed by atoms with Crippen molar-refractivity contribution in [3.63, 3.8) is 0 Å². The smallest absolute Gasteiger partial charge is 0.143 e. The van der Waals surface area contributed by atoms with Crippen LogP contribution in [0.3, 0.4) is 0 Å². The fourth-order valence-corrected chi connectivity index (χ4v) is 7.80. The molecule has 20 radical (unpaired) electrons. The van der Waals surface area contributed by atoms with Crippen molar-refractivity contribution < 1.29 is 4.42 Å². The molecule has 0 aliphatic rings. The third kappa shape index (κ3) is 4.37. The van der Waals surface area contributed by atoms with Crippen molar-refractivity contribution in [2.45, 2.75) is 0 Å². The van der Waals surface area contributed by atoms with Crippen molar-refractivity contribution in [2.24, 2.45) is 0 Å². The van der Waals surface area contributed by atoms with Gasteiger partial charge < -0.3 is 4.42 Å². The lowest BCUT2D eigenvalue weighted by atomic mass is 9.59. The predicted molar refractivity (Wildman–Crippen MR) is 228 cm³/mol. The summed E-state index contributed by atoms with van der Waals surface area (Å²) in [6, 6.07) is 28.7. The molecule has 1 nitrogen and oxygen atoms in total. The lowest BCUT2D eigenvalue weighted by molar-refractivity contribution is 0.670. The minimum absolute atomic E-state index is 0.155. The highest BCUT2D eigenvalue weighted by atomic mass is 16.3. The average Bonchev–Trinajstić information content (AvgIpc) is 3.54. The summed E-state index contributed by atoms with van der Waals surface area (Å²) in [7, 11) is 63.4. The maximum atomic E-state index is 6.58. The van der Waals surface area contributed by atoms with Crippen LogP contribution in [0.2, 0.25) is 0 Å². The third-order valence-electron chi connectivity index (χ3n) is 10.4. The van der Waals surface area contributed by atoms with Gasteiger partial charge in [-0.1, -0.05) is 101 Å². The second-order valence-electron chi connectivity index (χ2n) is 13.0. The van der Waals surface area contributed by atoms with Crippen molar-refractivity contribution in [1.82, 2.24) is 0 Å². The van der Waals surface area contributed by atoms with Gasteiger partial charge in [-0.15, -0.1) is 32.8 Å². The van der Waals surface area contributed by atoms with E-state index in [4.69, 9.17) is 82.9 Å². The van der Waals surface area contributed by atoms with Crippen LogP contribution in [0.4, 0.5) is 0 Å². The van der Waals surface area contributed by atoms with E-state index in [0.717, 1.165) is 59.8 Å². The lowest BCUT2D eigenvalue weighted by Crippen LogP contribution is -2.55. The van der Waals surface area contributed by atoms with Crippen molar-refractivity contribution in [3.05, 3.63) is 84.9 Å². The molecule has 0 saturated carbocycles. The van der Waals surface area contributed by atoms with Crippen LogP contribution < -0.4 is 54.6 Å². The second-order valence-corrected chi connectivity index (χ2v) is 13.0. The van der Waals surface area contributed by atoms with Gasteiger partial charge in [0.25, 0.3) is 0 Å². The molecule has 0 aliphatic carbocycles. The molecule has 0 fully saturated rings. The van der Waals surface area contributed by atoms with E-state index in [1.165, 1.54) is 0 Å². The fourth-order valence-electron chi connectivity index (χ4n) is 7.80. The van der Waals surface area contributed by atoms with E-state index in [0.29, 0.717) is 38.8 Å². The molecule has 0 unspecified atom stereocenters. The van der Waals surface area contributed by atoms with E-state index in [1.807, 2.05) is 36.4 Å². The van der Waals surface area contributed by atoms with Crippen LogP contribution in [0.1, 0.15) is 0 Å². The summed E-state index contributed by atoms with van der Waals surface area (Å²) >= 11 is 0. The van der Waals surface area contributed by atoms with Crippen molar-refractivity contribution in [3.8, 4) is 33.4 Å². The van der Waals surface area contributed by atoms with Crippen molar-refractivity contribution in [2.75, 3.05) is 0 Å². The summed E-state index contributed by atoms with van der Waals surface area (Å²) in [6.07, 6.45) is 0. The lowest BCUT2D eigenvalue weighted by Gasteiger charge is -2.23. The third-order valence-corrected chi connectivity index (χ3v) is 10.4. The van der Waals surface area contributed by atoms with E-state index in [1.54, 1.807) is 0 Å². The van der Waals surface area contributed by atoms with Gasteiger partial charge in [0, 0.05) is 16.3 Å². The Hall–Kier alpha value is -4.75. The maximum Gasteiger partial charge on any atom is 0.143 e. The largest absolute Gasteiger partial charge is 0.455 e. The number of hydrogen-bond acceptors (Lipinski definition) is 1. The molecule has 0 N–H and O–H groups in total. The Kier molecular flexibility index (Phi) is 7.18. The van der Waals surface area contributed by atoms with Crippen LogP contribution in [0, 0.1) is 0 Å². The van der Waals surface area contributed by atoms with Crippen molar-refractivity contribution >= 4 is 187 Å². The van der Waals surface area contributed by atoms with Crippen LogP contribution in [0.15, 0.2) is 89.3 Å². The van der Waals surface area contributed by atoms with Crippen LogP contribution >= 0.6 is 0 Å². The van der Waals surface area contributed by atoms with Gasteiger partial charge in [-0.2, -0.15) is 0 Å². The molecule has 1 aromatic heterocycles. The molecule has 0 atom stereocenters. The molecule has 0 aliphatic heterocycles. The molecule has 210 valence electrons. The molecule has 0 spiro atoms. The number of fused-ring (bicyclic) bond motifs is 3. The Balaban J connectivity index is 1.33. The number of rotatable bonds is 3. The minimum atomic E-state index is 0.155. The average molecular weight is 619 g/mol. The van der Waals surface area contributed by atoms with Gasteiger partial charge in [-0.3, -0.25) is 0 Å². The van der Waals surface area contributed by atoms with Gasteiger partial charge in [0.1, 0.15) is 89.6 Å².